The maximum Gasteiger partial charge on any atom is 0.271 e. The van der Waals surface area contributed by atoms with Crippen LogP contribution >= 0.6 is 0 Å². The molecule has 0 bridgehead atoms. The van der Waals surface area contributed by atoms with Gasteiger partial charge in [-0.15, -0.1) is 0 Å². The van der Waals surface area contributed by atoms with Gasteiger partial charge in [-0.1, -0.05) is 17.7 Å². The second-order valence-electron chi connectivity index (χ2n) is 4.92. The molecule has 106 valence electrons. The number of aromatic nitrogens is 2. The van der Waals surface area contributed by atoms with Crippen molar-refractivity contribution < 1.29 is 4.79 Å². The minimum atomic E-state index is -0.184. The predicted octanol–water partition coefficient (Wildman–Crippen LogP) is 1.48. The first kappa shape index (κ1) is 14.0. The molecule has 0 saturated heterocycles. The smallest absolute Gasteiger partial charge is 0.271 e. The molecule has 20 heavy (non-hydrogen) atoms. The molecule has 0 spiro atoms. The highest BCUT2D eigenvalue weighted by Crippen LogP contribution is 2.14. The van der Waals surface area contributed by atoms with Crippen LogP contribution in [0.25, 0.3) is 6.08 Å². The molecule has 0 aromatic carbocycles. The second-order valence-corrected chi connectivity index (χ2v) is 4.92. The lowest BCUT2D eigenvalue weighted by molar-refractivity contribution is -0.122. The molecule has 0 aliphatic carbocycles. The van der Waals surface area contributed by atoms with Gasteiger partial charge in [-0.2, -0.15) is 5.10 Å². The Morgan fingerprint density at radius 2 is 2.05 bits per heavy atom. The number of carbonyl (C=O) groups is 1. The third-order valence-corrected chi connectivity index (χ3v) is 3.36. The summed E-state index contributed by atoms with van der Waals surface area (Å²) in [7, 11) is 0. The van der Waals surface area contributed by atoms with Gasteiger partial charge in [-0.25, -0.2) is 5.43 Å². The number of nitrogens with zero attached hydrogens (tertiary/aromatic N) is 1. The molecule has 1 aromatic rings. The molecule has 0 fully saturated rings. The van der Waals surface area contributed by atoms with Crippen molar-refractivity contribution >= 4 is 17.7 Å². The van der Waals surface area contributed by atoms with Crippen LogP contribution < -0.4 is 11.0 Å². The van der Waals surface area contributed by atoms with Crippen LogP contribution in [-0.4, -0.2) is 21.8 Å². The minimum Gasteiger partial charge on any atom is -0.302 e. The zero-order valence-electron chi connectivity index (χ0n) is 11.8. The molecule has 1 amide bonds. The Morgan fingerprint density at radius 1 is 1.30 bits per heavy atom. The van der Waals surface area contributed by atoms with Gasteiger partial charge < -0.3 is 5.10 Å². The first-order chi connectivity index (χ1) is 9.49. The summed E-state index contributed by atoms with van der Waals surface area (Å²) in [6.45, 7) is 5.61. The number of hydrogen-bond acceptors (Lipinski definition) is 3. The van der Waals surface area contributed by atoms with E-state index in [0.29, 0.717) is 12.0 Å². The highest BCUT2D eigenvalue weighted by atomic mass is 16.2. The van der Waals surface area contributed by atoms with Gasteiger partial charge in [0.25, 0.3) is 5.56 Å². The number of amides is 1. The highest BCUT2D eigenvalue weighted by Gasteiger charge is 2.25. The molecule has 1 aromatic heterocycles. The molecule has 2 rings (SSSR count). The summed E-state index contributed by atoms with van der Waals surface area (Å²) in [5.74, 6) is -0.246. The summed E-state index contributed by atoms with van der Waals surface area (Å²) in [5, 5.41) is 9.21. The van der Waals surface area contributed by atoms with Crippen molar-refractivity contribution in [3.05, 3.63) is 39.3 Å². The molecular formula is C14H18N4O2. The van der Waals surface area contributed by atoms with Crippen LogP contribution in [0.5, 0.6) is 0 Å². The number of aromatic amines is 2. The van der Waals surface area contributed by atoms with Crippen molar-refractivity contribution in [3.63, 3.8) is 0 Å². The van der Waals surface area contributed by atoms with E-state index >= 15 is 0 Å². The summed E-state index contributed by atoms with van der Waals surface area (Å²) in [5.41, 5.74) is 5.56. The maximum absolute atomic E-state index is 11.5. The van der Waals surface area contributed by atoms with Gasteiger partial charge in [-0.05, 0) is 33.3 Å². The standard InChI is InChI=1S/C14H18N4O2/c1-8(4-6-11-9(2)15-17-13(11)19)5-7-12-10(3)16-18-14(12)20/h4-6,12H,7H2,1-3H3,(H,18,20)(H2,15,17,19). The van der Waals surface area contributed by atoms with Gasteiger partial charge in [0.1, 0.15) is 0 Å². The first-order valence-corrected chi connectivity index (χ1v) is 6.45. The van der Waals surface area contributed by atoms with Crippen LogP contribution in [0.4, 0.5) is 0 Å². The summed E-state index contributed by atoms with van der Waals surface area (Å²) in [6, 6.07) is 0. The van der Waals surface area contributed by atoms with E-state index in [1.165, 1.54) is 0 Å². The monoisotopic (exact) mass is 274 g/mol. The fourth-order valence-corrected chi connectivity index (χ4v) is 2.01. The number of carbonyl (C=O) groups excluding carboxylic acids is 1. The van der Waals surface area contributed by atoms with E-state index < -0.39 is 0 Å². The van der Waals surface area contributed by atoms with E-state index in [0.717, 1.165) is 17.0 Å². The summed E-state index contributed by atoms with van der Waals surface area (Å²) >= 11 is 0. The Bertz CT molecular complexity index is 661. The van der Waals surface area contributed by atoms with Crippen LogP contribution in [0.2, 0.25) is 0 Å². The van der Waals surface area contributed by atoms with Crippen molar-refractivity contribution in [2.24, 2.45) is 11.0 Å². The summed E-state index contributed by atoms with van der Waals surface area (Å²) in [6.07, 6.45) is 6.22. The van der Waals surface area contributed by atoms with Crippen molar-refractivity contribution in [2.75, 3.05) is 0 Å². The van der Waals surface area contributed by atoms with Crippen molar-refractivity contribution in [1.29, 1.82) is 0 Å². The third-order valence-electron chi connectivity index (χ3n) is 3.36. The van der Waals surface area contributed by atoms with E-state index in [4.69, 9.17) is 0 Å². The Balaban J connectivity index is 2.03. The molecule has 6 nitrogen and oxygen atoms in total. The van der Waals surface area contributed by atoms with E-state index in [1.807, 2.05) is 32.9 Å². The summed E-state index contributed by atoms with van der Waals surface area (Å²) in [4.78, 5) is 23.0. The van der Waals surface area contributed by atoms with Gasteiger partial charge in [0, 0.05) is 11.4 Å². The number of hydrazone groups is 1. The topological polar surface area (TPSA) is 90.1 Å². The summed E-state index contributed by atoms with van der Waals surface area (Å²) < 4.78 is 0. The fraction of sp³-hybridized carbons (Fsp3) is 0.357. The Labute approximate surface area is 116 Å². The fourth-order valence-electron chi connectivity index (χ4n) is 2.01. The molecule has 1 aliphatic heterocycles. The Hall–Kier alpha value is -2.37. The molecule has 1 aliphatic rings. The van der Waals surface area contributed by atoms with Gasteiger partial charge >= 0.3 is 0 Å². The number of rotatable bonds is 4. The zero-order chi connectivity index (χ0) is 14.7. The molecule has 1 unspecified atom stereocenters. The lowest BCUT2D eigenvalue weighted by atomic mass is 9.99. The third kappa shape index (κ3) is 2.96. The normalized spacial score (nSPS) is 19.6. The van der Waals surface area contributed by atoms with E-state index in [9.17, 15) is 9.59 Å². The molecular weight excluding hydrogens is 256 g/mol. The first-order valence-electron chi connectivity index (χ1n) is 6.45. The van der Waals surface area contributed by atoms with Gasteiger partial charge in [0.2, 0.25) is 5.91 Å². The molecule has 2 heterocycles. The molecule has 0 radical (unpaired) electrons. The Morgan fingerprint density at radius 3 is 2.60 bits per heavy atom. The lowest BCUT2D eigenvalue weighted by Crippen LogP contribution is -2.21. The van der Waals surface area contributed by atoms with E-state index in [2.05, 4.69) is 20.7 Å². The van der Waals surface area contributed by atoms with Crippen LogP contribution in [0.1, 0.15) is 31.5 Å². The van der Waals surface area contributed by atoms with Crippen LogP contribution in [0, 0.1) is 12.8 Å². The van der Waals surface area contributed by atoms with Crippen LogP contribution in [-0.2, 0) is 4.79 Å². The quantitative estimate of drug-likeness (QED) is 0.726. The number of nitrogens with one attached hydrogen (secondary N) is 3. The molecule has 6 heteroatoms. The van der Waals surface area contributed by atoms with Gasteiger partial charge in [0.15, 0.2) is 0 Å². The predicted molar refractivity (Wildman–Crippen MR) is 78.3 cm³/mol. The van der Waals surface area contributed by atoms with Crippen molar-refractivity contribution in [3.8, 4) is 0 Å². The van der Waals surface area contributed by atoms with Crippen LogP contribution in [0.3, 0.4) is 0 Å². The largest absolute Gasteiger partial charge is 0.302 e. The van der Waals surface area contributed by atoms with Crippen LogP contribution in [0.15, 0.2) is 27.6 Å². The number of allylic oxidation sites excluding steroid dienone is 3. The number of aryl methyl sites for hydroxylation is 1. The highest BCUT2D eigenvalue weighted by molar-refractivity contribution is 6.06. The minimum absolute atomic E-state index is 0.0616. The van der Waals surface area contributed by atoms with Crippen molar-refractivity contribution in [1.82, 2.24) is 15.6 Å². The zero-order valence-corrected chi connectivity index (χ0v) is 11.8. The van der Waals surface area contributed by atoms with Gasteiger partial charge in [0.05, 0.1) is 11.5 Å². The number of H-pyrrole nitrogens is 2. The maximum atomic E-state index is 11.5. The molecule has 0 saturated carbocycles. The average Bonchev–Trinajstić information content (AvgIpc) is 2.89. The molecule has 3 N–H and O–H groups in total. The van der Waals surface area contributed by atoms with Gasteiger partial charge in [-0.3, -0.25) is 14.7 Å². The SMILES string of the molecule is CC(C=Cc1c(C)[nH][nH]c1=O)=CCC1C(=O)NN=C1C. The molecule has 1 atom stereocenters. The van der Waals surface area contributed by atoms with E-state index in [1.54, 1.807) is 6.08 Å². The Kier molecular flexibility index (Phi) is 4.02. The lowest BCUT2D eigenvalue weighted by Gasteiger charge is -2.03. The van der Waals surface area contributed by atoms with E-state index in [-0.39, 0.29) is 17.4 Å². The second kappa shape index (κ2) is 5.73. The number of hydrogen-bond donors (Lipinski definition) is 3. The average molecular weight is 274 g/mol. The van der Waals surface area contributed by atoms with Crippen molar-refractivity contribution in [2.45, 2.75) is 27.2 Å².